The summed E-state index contributed by atoms with van der Waals surface area (Å²) >= 11 is 3.29. The minimum Gasteiger partial charge on any atom is -0.478 e. The maximum atomic E-state index is 12.4. The third-order valence-electron chi connectivity index (χ3n) is 3.49. The Bertz CT molecular complexity index is 556. The number of amides is 2. The van der Waals surface area contributed by atoms with Gasteiger partial charge in [-0.05, 0) is 50.8 Å². The number of carbonyl (C=O) groups is 2. The van der Waals surface area contributed by atoms with Crippen LogP contribution in [-0.2, 0) is 0 Å². The molecule has 1 saturated carbocycles. The van der Waals surface area contributed by atoms with Gasteiger partial charge in [0.05, 0.1) is 11.3 Å². The molecule has 6 heteroatoms. The predicted molar refractivity (Wildman–Crippen MR) is 84.7 cm³/mol. The number of carbonyl (C=O) groups excluding carboxylic acids is 1. The van der Waals surface area contributed by atoms with Crippen LogP contribution in [0.4, 0.5) is 10.5 Å². The molecule has 2 N–H and O–H groups in total. The van der Waals surface area contributed by atoms with Crippen LogP contribution in [0.25, 0.3) is 0 Å². The van der Waals surface area contributed by atoms with Crippen LogP contribution in [0.2, 0.25) is 0 Å². The van der Waals surface area contributed by atoms with Crippen LogP contribution in [0.1, 0.15) is 37.0 Å². The second-order valence-electron chi connectivity index (χ2n) is 5.61. The first-order chi connectivity index (χ1) is 9.88. The van der Waals surface area contributed by atoms with Crippen LogP contribution in [0.15, 0.2) is 22.7 Å². The van der Waals surface area contributed by atoms with Gasteiger partial charge in [0.15, 0.2) is 0 Å². The Hall–Kier alpha value is -1.56. The van der Waals surface area contributed by atoms with Gasteiger partial charge in [0.1, 0.15) is 0 Å². The molecule has 0 saturated heterocycles. The number of aromatic carboxylic acids is 1. The van der Waals surface area contributed by atoms with Gasteiger partial charge in [-0.25, -0.2) is 9.59 Å². The molecule has 2 rings (SSSR count). The lowest BCUT2D eigenvalue weighted by Gasteiger charge is -2.27. The van der Waals surface area contributed by atoms with Crippen LogP contribution in [0.5, 0.6) is 0 Å². The molecule has 0 heterocycles. The fourth-order valence-corrected chi connectivity index (χ4v) is 2.46. The summed E-state index contributed by atoms with van der Waals surface area (Å²) in [5.74, 6) is -0.476. The molecule has 0 unspecified atom stereocenters. The first-order valence-corrected chi connectivity index (χ1v) is 7.78. The quantitative estimate of drug-likeness (QED) is 0.844. The Morgan fingerprint density at radius 3 is 2.62 bits per heavy atom. The van der Waals surface area contributed by atoms with Crippen LogP contribution < -0.4 is 5.32 Å². The van der Waals surface area contributed by atoms with E-state index in [1.165, 1.54) is 6.07 Å². The highest BCUT2D eigenvalue weighted by Gasteiger charge is 2.28. The highest BCUT2D eigenvalue weighted by molar-refractivity contribution is 9.10. The second kappa shape index (κ2) is 6.47. The van der Waals surface area contributed by atoms with E-state index in [1.54, 1.807) is 17.0 Å². The molecule has 0 aromatic heterocycles. The lowest BCUT2D eigenvalue weighted by Crippen LogP contribution is -2.41. The van der Waals surface area contributed by atoms with Crippen molar-refractivity contribution in [3.05, 3.63) is 28.2 Å². The van der Waals surface area contributed by atoms with Crippen LogP contribution in [-0.4, -0.2) is 34.6 Å². The number of anilines is 1. The number of carboxylic acid groups (broad SMARTS) is 1. The smallest absolute Gasteiger partial charge is 0.337 e. The molecule has 1 fully saturated rings. The zero-order chi connectivity index (χ0) is 15.6. The van der Waals surface area contributed by atoms with Gasteiger partial charge in [-0.15, -0.1) is 0 Å². The summed E-state index contributed by atoms with van der Waals surface area (Å²) < 4.78 is 0.723. The molecule has 1 aliphatic carbocycles. The first kappa shape index (κ1) is 15.8. The molecule has 21 heavy (non-hydrogen) atoms. The van der Waals surface area contributed by atoms with Gasteiger partial charge >= 0.3 is 12.0 Å². The highest BCUT2D eigenvalue weighted by atomic mass is 79.9. The second-order valence-corrected chi connectivity index (χ2v) is 6.53. The van der Waals surface area contributed by atoms with Crippen LogP contribution in [0, 0.1) is 5.92 Å². The van der Waals surface area contributed by atoms with Gasteiger partial charge in [0.2, 0.25) is 0 Å². The number of nitrogens with one attached hydrogen (secondary N) is 1. The van der Waals surface area contributed by atoms with E-state index in [0.29, 0.717) is 11.6 Å². The first-order valence-electron chi connectivity index (χ1n) is 6.99. The molecule has 2 amide bonds. The number of carboxylic acids is 1. The minimum atomic E-state index is -1.06. The van der Waals surface area contributed by atoms with E-state index in [9.17, 15) is 14.7 Å². The molecule has 114 valence electrons. The minimum absolute atomic E-state index is 0.0750. The molecule has 5 nitrogen and oxygen atoms in total. The summed E-state index contributed by atoms with van der Waals surface area (Å²) in [7, 11) is 0. The Labute approximate surface area is 132 Å². The highest BCUT2D eigenvalue weighted by Crippen LogP contribution is 2.30. The third-order valence-corrected chi connectivity index (χ3v) is 3.98. The number of urea groups is 1. The lowest BCUT2D eigenvalue weighted by molar-refractivity contribution is 0.0698. The standard InChI is InChI=1S/C15H19BrN2O3/c1-9(2)18(8-10-3-4-10)15(21)17-13-7-11(16)5-6-12(13)14(19)20/h5-7,9-10H,3-4,8H2,1-2H3,(H,17,21)(H,19,20). The van der Waals surface area contributed by atoms with E-state index in [0.717, 1.165) is 23.9 Å². The van der Waals surface area contributed by atoms with E-state index in [4.69, 9.17) is 0 Å². The van der Waals surface area contributed by atoms with Crippen LogP contribution >= 0.6 is 15.9 Å². The van der Waals surface area contributed by atoms with Gasteiger partial charge in [-0.1, -0.05) is 15.9 Å². The average Bonchev–Trinajstić information content (AvgIpc) is 3.18. The zero-order valence-electron chi connectivity index (χ0n) is 12.1. The number of hydrogen-bond acceptors (Lipinski definition) is 2. The Kier molecular flexibility index (Phi) is 4.88. The van der Waals surface area contributed by atoms with Crippen molar-refractivity contribution in [2.24, 2.45) is 5.92 Å². The maximum Gasteiger partial charge on any atom is 0.337 e. The van der Waals surface area contributed by atoms with Crippen molar-refractivity contribution in [3.63, 3.8) is 0 Å². The van der Waals surface area contributed by atoms with E-state index >= 15 is 0 Å². The topological polar surface area (TPSA) is 69.6 Å². The van der Waals surface area contributed by atoms with Crippen molar-refractivity contribution in [2.45, 2.75) is 32.7 Å². The Balaban J connectivity index is 2.17. The molecule has 0 spiro atoms. The molecule has 0 radical (unpaired) electrons. The van der Waals surface area contributed by atoms with Gasteiger partial charge in [0.25, 0.3) is 0 Å². The number of hydrogen-bond donors (Lipinski definition) is 2. The number of rotatable bonds is 5. The van der Waals surface area contributed by atoms with Crippen molar-refractivity contribution in [1.29, 1.82) is 0 Å². The van der Waals surface area contributed by atoms with E-state index in [2.05, 4.69) is 21.2 Å². The fraction of sp³-hybridized carbons (Fsp3) is 0.467. The molecular weight excluding hydrogens is 336 g/mol. The van der Waals surface area contributed by atoms with Gasteiger partial charge in [0, 0.05) is 17.1 Å². The summed E-state index contributed by atoms with van der Waals surface area (Å²) in [6.45, 7) is 4.64. The molecule has 1 aromatic carbocycles. The monoisotopic (exact) mass is 354 g/mol. The lowest BCUT2D eigenvalue weighted by atomic mass is 10.2. The van der Waals surface area contributed by atoms with E-state index in [1.807, 2.05) is 13.8 Å². The number of nitrogens with zero attached hydrogens (tertiary/aromatic N) is 1. The third kappa shape index (κ3) is 4.20. The largest absolute Gasteiger partial charge is 0.478 e. The molecule has 0 aliphatic heterocycles. The SMILES string of the molecule is CC(C)N(CC1CC1)C(=O)Nc1cc(Br)ccc1C(=O)O. The van der Waals surface area contributed by atoms with Crippen molar-refractivity contribution in [3.8, 4) is 0 Å². The molecule has 1 aromatic rings. The fourth-order valence-electron chi connectivity index (χ4n) is 2.10. The van der Waals surface area contributed by atoms with Crippen molar-refractivity contribution in [1.82, 2.24) is 4.90 Å². The van der Waals surface area contributed by atoms with Gasteiger partial charge in [-0.2, -0.15) is 0 Å². The van der Waals surface area contributed by atoms with Crippen LogP contribution in [0.3, 0.4) is 0 Å². The Morgan fingerprint density at radius 2 is 2.10 bits per heavy atom. The van der Waals surface area contributed by atoms with Crippen molar-refractivity contribution in [2.75, 3.05) is 11.9 Å². The zero-order valence-corrected chi connectivity index (χ0v) is 13.7. The summed E-state index contributed by atoms with van der Waals surface area (Å²) in [6.07, 6.45) is 2.32. The molecule has 0 bridgehead atoms. The normalized spacial score (nSPS) is 14.1. The summed E-state index contributed by atoms with van der Waals surface area (Å²) in [5, 5.41) is 11.9. The van der Waals surface area contributed by atoms with Gasteiger partial charge < -0.3 is 15.3 Å². The van der Waals surface area contributed by atoms with Crippen molar-refractivity contribution >= 4 is 33.6 Å². The Morgan fingerprint density at radius 1 is 1.43 bits per heavy atom. The summed E-state index contributed by atoms with van der Waals surface area (Å²) in [4.78, 5) is 25.4. The van der Waals surface area contributed by atoms with Gasteiger partial charge in [-0.3, -0.25) is 0 Å². The predicted octanol–water partition coefficient (Wildman–Crippen LogP) is 3.80. The summed E-state index contributed by atoms with van der Waals surface area (Å²) in [6, 6.07) is 4.55. The number of halogens is 1. The van der Waals surface area contributed by atoms with E-state index < -0.39 is 5.97 Å². The van der Waals surface area contributed by atoms with E-state index in [-0.39, 0.29) is 17.6 Å². The van der Waals surface area contributed by atoms with Crippen molar-refractivity contribution < 1.29 is 14.7 Å². The molecule has 0 atom stereocenters. The maximum absolute atomic E-state index is 12.4. The molecule has 1 aliphatic rings. The number of benzene rings is 1. The average molecular weight is 355 g/mol. The summed E-state index contributed by atoms with van der Waals surface area (Å²) in [5.41, 5.74) is 0.394. The molecular formula is C15H19BrN2O3.